The van der Waals surface area contributed by atoms with Crippen molar-refractivity contribution in [1.82, 2.24) is 9.97 Å². The summed E-state index contributed by atoms with van der Waals surface area (Å²) in [5.41, 5.74) is 0.473. The summed E-state index contributed by atoms with van der Waals surface area (Å²) in [4.78, 5) is 17.7. The second-order valence-electron chi connectivity index (χ2n) is 2.99. The Hall–Kier alpha value is -2.01. The summed E-state index contributed by atoms with van der Waals surface area (Å²) >= 11 is 5.68. The summed E-state index contributed by atoms with van der Waals surface area (Å²) in [7, 11) is 0. The Morgan fingerprint density at radius 2 is 1.94 bits per heavy atom. The fraction of sp³-hybridized carbons (Fsp3) is 0. The molecule has 0 saturated carbocycles. The first-order valence-electron chi connectivity index (χ1n) is 4.41. The van der Waals surface area contributed by atoms with Crippen LogP contribution in [-0.2, 0) is 0 Å². The summed E-state index contributed by atoms with van der Waals surface area (Å²) in [6, 6.07) is 9.12. The van der Waals surface area contributed by atoms with Crippen LogP contribution < -0.4 is 0 Å². The van der Waals surface area contributed by atoms with Crippen LogP contribution in [0.2, 0.25) is 5.15 Å². The number of nitrogens with zero attached hydrogens (tertiary/aromatic N) is 3. The average Bonchev–Trinajstić information content (AvgIpc) is 2.29. The van der Waals surface area contributed by atoms with Crippen molar-refractivity contribution in [3.8, 4) is 11.4 Å². The van der Waals surface area contributed by atoms with Gasteiger partial charge < -0.3 is 0 Å². The van der Waals surface area contributed by atoms with E-state index in [9.17, 15) is 10.1 Å². The van der Waals surface area contributed by atoms with Gasteiger partial charge in [0.1, 0.15) is 6.20 Å². The topological polar surface area (TPSA) is 68.9 Å². The van der Waals surface area contributed by atoms with Gasteiger partial charge in [0.2, 0.25) is 5.15 Å². The molecule has 0 radical (unpaired) electrons. The van der Waals surface area contributed by atoms with Gasteiger partial charge in [-0.05, 0) is 0 Å². The Kier molecular flexibility index (Phi) is 2.78. The number of benzene rings is 1. The summed E-state index contributed by atoms with van der Waals surface area (Å²) in [6.07, 6.45) is 1.11. The van der Waals surface area contributed by atoms with E-state index in [-0.39, 0.29) is 10.8 Å². The smallest absolute Gasteiger partial charge is 0.258 e. The third-order valence-electron chi connectivity index (χ3n) is 1.95. The van der Waals surface area contributed by atoms with E-state index >= 15 is 0 Å². The first-order valence-corrected chi connectivity index (χ1v) is 4.78. The van der Waals surface area contributed by atoms with Crippen molar-refractivity contribution in [2.24, 2.45) is 0 Å². The molecule has 0 amide bonds. The van der Waals surface area contributed by atoms with Crippen LogP contribution in [0.5, 0.6) is 0 Å². The lowest BCUT2D eigenvalue weighted by Crippen LogP contribution is -1.95. The summed E-state index contributed by atoms with van der Waals surface area (Å²) in [5.74, 6) is 0.371. The van der Waals surface area contributed by atoms with E-state index in [0.29, 0.717) is 5.82 Å². The van der Waals surface area contributed by atoms with Crippen LogP contribution in [0.15, 0.2) is 36.5 Å². The van der Waals surface area contributed by atoms with Crippen LogP contribution in [-0.4, -0.2) is 14.9 Å². The van der Waals surface area contributed by atoms with E-state index < -0.39 is 4.92 Å². The van der Waals surface area contributed by atoms with Gasteiger partial charge >= 0.3 is 5.69 Å². The van der Waals surface area contributed by atoms with Crippen molar-refractivity contribution in [3.05, 3.63) is 51.8 Å². The van der Waals surface area contributed by atoms with E-state index in [4.69, 9.17) is 11.6 Å². The Balaban J connectivity index is 2.46. The molecule has 2 aromatic rings. The van der Waals surface area contributed by atoms with Crippen LogP contribution in [0.25, 0.3) is 11.4 Å². The molecule has 0 saturated heterocycles. The third-order valence-corrected chi connectivity index (χ3v) is 2.23. The molecule has 80 valence electrons. The fourth-order valence-electron chi connectivity index (χ4n) is 1.20. The fourth-order valence-corrected chi connectivity index (χ4v) is 1.40. The minimum atomic E-state index is -0.614. The van der Waals surface area contributed by atoms with Gasteiger partial charge in [-0.25, -0.2) is 9.97 Å². The Morgan fingerprint density at radius 3 is 2.50 bits per heavy atom. The molecule has 1 heterocycles. The molecular weight excluding hydrogens is 230 g/mol. The molecule has 0 aliphatic heterocycles. The molecule has 16 heavy (non-hydrogen) atoms. The lowest BCUT2D eigenvalue weighted by atomic mass is 10.2. The second-order valence-corrected chi connectivity index (χ2v) is 3.35. The average molecular weight is 236 g/mol. The maximum atomic E-state index is 10.5. The van der Waals surface area contributed by atoms with Gasteiger partial charge in [-0.2, -0.15) is 0 Å². The molecule has 0 N–H and O–H groups in total. The van der Waals surface area contributed by atoms with E-state index in [1.54, 1.807) is 12.1 Å². The SMILES string of the molecule is O=[N+]([O-])c1cnc(-c2ccccc2)nc1Cl. The maximum absolute atomic E-state index is 10.5. The zero-order chi connectivity index (χ0) is 11.5. The quantitative estimate of drug-likeness (QED) is 0.456. The third kappa shape index (κ3) is 1.99. The minimum absolute atomic E-state index is 0.154. The molecule has 0 fully saturated rings. The molecule has 1 aromatic carbocycles. The molecule has 0 spiro atoms. The van der Waals surface area contributed by atoms with Gasteiger partial charge in [0.05, 0.1) is 4.92 Å². The Labute approximate surface area is 95.9 Å². The van der Waals surface area contributed by atoms with Gasteiger partial charge in [0.15, 0.2) is 5.82 Å². The standard InChI is InChI=1S/C10H6ClN3O2/c11-9-8(14(15)16)6-12-10(13-9)7-4-2-1-3-5-7/h1-6H. The lowest BCUT2D eigenvalue weighted by Gasteiger charge is -1.99. The number of nitro groups is 1. The van der Waals surface area contributed by atoms with Gasteiger partial charge in [-0.15, -0.1) is 0 Å². The summed E-state index contributed by atoms with van der Waals surface area (Å²) in [6.45, 7) is 0. The van der Waals surface area contributed by atoms with Crippen LogP contribution in [0, 0.1) is 10.1 Å². The molecule has 0 bridgehead atoms. The highest BCUT2D eigenvalue weighted by molar-refractivity contribution is 6.31. The van der Waals surface area contributed by atoms with E-state index in [1.807, 2.05) is 18.2 Å². The van der Waals surface area contributed by atoms with Crippen LogP contribution in [0.3, 0.4) is 0 Å². The summed E-state index contributed by atoms with van der Waals surface area (Å²) in [5, 5.41) is 10.4. The van der Waals surface area contributed by atoms with E-state index in [1.165, 1.54) is 0 Å². The molecule has 6 heteroatoms. The largest absolute Gasteiger partial charge is 0.324 e. The zero-order valence-electron chi connectivity index (χ0n) is 8.00. The lowest BCUT2D eigenvalue weighted by molar-refractivity contribution is -0.385. The normalized spacial score (nSPS) is 10.1. The van der Waals surface area contributed by atoms with Gasteiger partial charge in [0.25, 0.3) is 0 Å². The molecule has 0 unspecified atom stereocenters. The van der Waals surface area contributed by atoms with Crippen molar-refractivity contribution >= 4 is 17.3 Å². The number of hydrogen-bond donors (Lipinski definition) is 0. The van der Waals surface area contributed by atoms with Crippen molar-refractivity contribution < 1.29 is 4.92 Å². The summed E-state index contributed by atoms with van der Waals surface area (Å²) < 4.78 is 0. The monoisotopic (exact) mass is 235 g/mol. The highest BCUT2D eigenvalue weighted by atomic mass is 35.5. The van der Waals surface area contributed by atoms with E-state index in [0.717, 1.165) is 11.8 Å². The van der Waals surface area contributed by atoms with Crippen molar-refractivity contribution in [1.29, 1.82) is 0 Å². The number of aromatic nitrogens is 2. The Bertz CT molecular complexity index is 531. The molecule has 2 rings (SSSR count). The van der Waals surface area contributed by atoms with Gasteiger partial charge in [-0.3, -0.25) is 10.1 Å². The predicted molar refractivity (Wildman–Crippen MR) is 59.1 cm³/mol. The molecular formula is C10H6ClN3O2. The highest BCUT2D eigenvalue weighted by Gasteiger charge is 2.15. The predicted octanol–water partition coefficient (Wildman–Crippen LogP) is 2.71. The van der Waals surface area contributed by atoms with Crippen molar-refractivity contribution in [2.75, 3.05) is 0 Å². The second kappa shape index (κ2) is 4.24. The first kappa shape index (κ1) is 10.5. The van der Waals surface area contributed by atoms with Crippen LogP contribution in [0.1, 0.15) is 0 Å². The molecule has 0 atom stereocenters. The van der Waals surface area contributed by atoms with Crippen LogP contribution >= 0.6 is 11.6 Å². The van der Waals surface area contributed by atoms with Crippen LogP contribution in [0.4, 0.5) is 5.69 Å². The number of halogens is 1. The van der Waals surface area contributed by atoms with Crippen molar-refractivity contribution in [3.63, 3.8) is 0 Å². The zero-order valence-corrected chi connectivity index (χ0v) is 8.76. The van der Waals surface area contributed by atoms with E-state index in [2.05, 4.69) is 9.97 Å². The molecule has 0 aliphatic rings. The minimum Gasteiger partial charge on any atom is -0.258 e. The van der Waals surface area contributed by atoms with Gasteiger partial charge in [0, 0.05) is 5.56 Å². The number of hydrogen-bond acceptors (Lipinski definition) is 4. The van der Waals surface area contributed by atoms with Crippen molar-refractivity contribution in [2.45, 2.75) is 0 Å². The Morgan fingerprint density at radius 1 is 1.25 bits per heavy atom. The highest BCUT2D eigenvalue weighted by Crippen LogP contribution is 2.23. The molecule has 1 aromatic heterocycles. The number of rotatable bonds is 2. The maximum Gasteiger partial charge on any atom is 0.324 e. The molecule has 0 aliphatic carbocycles. The van der Waals surface area contributed by atoms with Gasteiger partial charge in [-0.1, -0.05) is 41.9 Å². The molecule has 5 nitrogen and oxygen atoms in total. The first-order chi connectivity index (χ1) is 7.68.